The van der Waals surface area contributed by atoms with E-state index in [1.807, 2.05) is 12.1 Å². The van der Waals surface area contributed by atoms with Crippen LogP contribution in [0.25, 0.3) is 0 Å². The van der Waals surface area contributed by atoms with Crippen LogP contribution >= 0.6 is 0 Å². The van der Waals surface area contributed by atoms with Crippen LogP contribution in [0, 0.1) is 0 Å². The van der Waals surface area contributed by atoms with Gasteiger partial charge in [-0.2, -0.15) is 0 Å². The molecule has 1 aromatic heterocycles. The second-order valence-electron chi connectivity index (χ2n) is 15.0. The number of rotatable bonds is 9. The zero-order chi connectivity index (χ0) is 34.5. The fourth-order valence-electron chi connectivity index (χ4n) is 5.81. The van der Waals surface area contributed by atoms with E-state index in [2.05, 4.69) is 94.8 Å². The molecule has 2 atom stereocenters. The lowest BCUT2D eigenvalue weighted by Gasteiger charge is -2.44. The van der Waals surface area contributed by atoms with Gasteiger partial charge in [-0.05, 0) is 57.0 Å². The largest absolute Gasteiger partial charge is 0.458 e. The van der Waals surface area contributed by atoms with Crippen LogP contribution in [-0.2, 0) is 18.7 Å². The number of benzene rings is 2. The molecule has 1 aliphatic heterocycles. The summed E-state index contributed by atoms with van der Waals surface area (Å²) in [5.41, 5.74) is -1.09. The van der Waals surface area contributed by atoms with Gasteiger partial charge in [0.2, 0.25) is 5.95 Å². The second kappa shape index (κ2) is 14.5. The highest BCUT2D eigenvalue weighted by atomic mass is 28.4. The lowest BCUT2D eigenvalue weighted by molar-refractivity contribution is -0.157. The zero-order valence-electron chi connectivity index (χ0n) is 29.3. The molecule has 2 heterocycles. The van der Waals surface area contributed by atoms with Crippen molar-refractivity contribution in [2.75, 3.05) is 31.1 Å². The van der Waals surface area contributed by atoms with Gasteiger partial charge in [0.25, 0.3) is 8.32 Å². The van der Waals surface area contributed by atoms with Crippen LogP contribution in [0.15, 0.2) is 73.1 Å². The molecule has 1 aliphatic rings. The summed E-state index contributed by atoms with van der Waals surface area (Å²) in [6.45, 7) is 20.0. The van der Waals surface area contributed by atoms with Crippen molar-refractivity contribution >= 4 is 36.7 Å². The summed E-state index contributed by atoms with van der Waals surface area (Å²) in [5.74, 6) is -0.0895. The molecule has 11 heteroatoms. The van der Waals surface area contributed by atoms with Crippen LogP contribution in [-0.4, -0.2) is 73.8 Å². The minimum Gasteiger partial charge on any atom is -0.458 e. The van der Waals surface area contributed by atoms with Gasteiger partial charge in [0.15, 0.2) is 6.04 Å². The molecule has 47 heavy (non-hydrogen) atoms. The highest BCUT2D eigenvalue weighted by Crippen LogP contribution is 2.37. The van der Waals surface area contributed by atoms with Gasteiger partial charge in [-0.3, -0.25) is 0 Å². The third kappa shape index (κ3) is 9.39. The number of esters is 1. The molecule has 1 fully saturated rings. The summed E-state index contributed by atoms with van der Waals surface area (Å²) < 4.78 is 18.2. The van der Waals surface area contributed by atoms with E-state index in [0.29, 0.717) is 31.2 Å². The molecule has 1 amide bonds. The number of carbonyl (C=O) groups is 2. The molecule has 0 saturated carbocycles. The first-order valence-electron chi connectivity index (χ1n) is 16.3. The van der Waals surface area contributed by atoms with Crippen LogP contribution in [0.4, 0.5) is 10.7 Å². The number of aromatic nitrogens is 2. The van der Waals surface area contributed by atoms with E-state index in [0.717, 1.165) is 6.54 Å². The number of alkyl carbamates (subject to hydrolysis) is 1. The van der Waals surface area contributed by atoms with Crippen LogP contribution in [0.5, 0.6) is 0 Å². The summed E-state index contributed by atoms with van der Waals surface area (Å²) >= 11 is 0. The lowest BCUT2D eigenvalue weighted by Crippen LogP contribution is -2.68. The number of amides is 1. The van der Waals surface area contributed by atoms with E-state index in [1.54, 1.807) is 53.9 Å². The third-order valence-electron chi connectivity index (χ3n) is 7.75. The van der Waals surface area contributed by atoms with E-state index in [-0.39, 0.29) is 11.1 Å². The number of hydrogen-bond acceptors (Lipinski definition) is 9. The van der Waals surface area contributed by atoms with Gasteiger partial charge in [-0.1, -0.05) is 81.4 Å². The van der Waals surface area contributed by atoms with Crippen molar-refractivity contribution in [2.24, 2.45) is 0 Å². The highest BCUT2D eigenvalue weighted by Gasteiger charge is 2.50. The summed E-state index contributed by atoms with van der Waals surface area (Å²) in [6, 6.07) is 20.2. The summed E-state index contributed by atoms with van der Waals surface area (Å²) in [5, 5.41) is 8.62. The van der Waals surface area contributed by atoms with Gasteiger partial charge in [-0.25, -0.2) is 19.6 Å². The molecule has 254 valence electrons. The molecule has 2 N–H and O–H groups in total. The second-order valence-corrected chi connectivity index (χ2v) is 19.3. The average molecular weight is 662 g/mol. The van der Waals surface area contributed by atoms with Gasteiger partial charge in [-0.15, -0.1) is 0 Å². The first kappa shape index (κ1) is 36.0. The first-order chi connectivity index (χ1) is 22.0. The van der Waals surface area contributed by atoms with Crippen LogP contribution in [0.2, 0.25) is 5.04 Å². The third-order valence-corrected chi connectivity index (χ3v) is 12.8. The van der Waals surface area contributed by atoms with Gasteiger partial charge in [0, 0.05) is 43.6 Å². The Morgan fingerprint density at radius 2 is 1.40 bits per heavy atom. The molecule has 2 aromatic carbocycles. The maximum atomic E-state index is 13.1. The van der Waals surface area contributed by atoms with E-state index in [9.17, 15) is 9.59 Å². The highest BCUT2D eigenvalue weighted by molar-refractivity contribution is 6.99. The quantitative estimate of drug-likeness (QED) is 0.248. The van der Waals surface area contributed by atoms with Crippen LogP contribution in [0.1, 0.15) is 73.9 Å². The molecule has 3 aromatic rings. The maximum absolute atomic E-state index is 13.1. The number of carbonyl (C=O) groups excluding carboxylic acids is 2. The normalized spacial score (nSPS) is 16.7. The number of anilines is 1. The zero-order valence-corrected chi connectivity index (χ0v) is 30.3. The minimum atomic E-state index is -2.69. The van der Waals surface area contributed by atoms with Crippen molar-refractivity contribution in [3.8, 4) is 0 Å². The Kier molecular flexibility index (Phi) is 11.1. The monoisotopic (exact) mass is 661 g/mol. The van der Waals surface area contributed by atoms with E-state index < -0.39 is 37.6 Å². The molecule has 0 unspecified atom stereocenters. The lowest BCUT2D eigenvalue weighted by atomic mass is 10.1. The van der Waals surface area contributed by atoms with Crippen LogP contribution in [0.3, 0.4) is 0 Å². The summed E-state index contributed by atoms with van der Waals surface area (Å²) in [7, 11) is -2.69. The number of piperazine rings is 1. The van der Waals surface area contributed by atoms with E-state index in [4.69, 9.17) is 13.9 Å². The number of hydrogen-bond donors (Lipinski definition) is 2. The van der Waals surface area contributed by atoms with Crippen molar-refractivity contribution < 1.29 is 23.5 Å². The standard InChI is InChI=1S/C36H51N5O5Si/c1-34(2,3)45-31(42)30(40-33(43)46-35(4,5)6)26-22-38-32(39-23-26)41-21-20-37-27(24-41)25-44-47(36(7,8)9,28-16-12-10-13-17-28)29-18-14-11-15-19-29/h10-19,22-23,27,30,37H,20-21,24-25H2,1-9H3,(H,40,43)/t27-,30-/m1/s1. The molecule has 0 radical (unpaired) electrons. The Morgan fingerprint density at radius 1 is 0.872 bits per heavy atom. The Balaban J connectivity index is 1.53. The Labute approximate surface area is 280 Å². The van der Waals surface area contributed by atoms with Crippen LogP contribution < -0.4 is 25.9 Å². The van der Waals surface area contributed by atoms with E-state index in [1.165, 1.54) is 10.4 Å². The minimum absolute atomic E-state index is 0.0389. The molecular formula is C36H51N5O5Si. The predicted molar refractivity (Wildman–Crippen MR) is 188 cm³/mol. The van der Waals surface area contributed by atoms with Gasteiger partial charge < -0.3 is 29.4 Å². The average Bonchev–Trinajstić information content (AvgIpc) is 2.99. The molecular weight excluding hydrogens is 611 g/mol. The topological polar surface area (TPSA) is 115 Å². The van der Waals surface area contributed by atoms with Crippen molar-refractivity contribution in [2.45, 2.75) is 90.6 Å². The summed E-state index contributed by atoms with van der Waals surface area (Å²) in [4.78, 5) is 37.1. The number of nitrogens with zero attached hydrogens (tertiary/aromatic N) is 3. The van der Waals surface area contributed by atoms with Gasteiger partial charge >= 0.3 is 12.1 Å². The molecule has 10 nitrogen and oxygen atoms in total. The molecule has 4 rings (SSSR count). The Morgan fingerprint density at radius 3 is 1.89 bits per heavy atom. The first-order valence-corrected chi connectivity index (χ1v) is 18.2. The Bertz CT molecular complexity index is 1430. The van der Waals surface area contributed by atoms with Crippen molar-refractivity contribution in [1.29, 1.82) is 0 Å². The maximum Gasteiger partial charge on any atom is 0.408 e. The Hall–Kier alpha value is -3.80. The van der Waals surface area contributed by atoms with Gasteiger partial charge in [0.1, 0.15) is 11.2 Å². The number of ether oxygens (including phenoxy) is 2. The van der Waals surface area contributed by atoms with Crippen molar-refractivity contribution in [3.63, 3.8) is 0 Å². The molecule has 0 aliphatic carbocycles. The predicted octanol–water partition coefficient (Wildman–Crippen LogP) is 4.74. The van der Waals surface area contributed by atoms with Crippen molar-refractivity contribution in [1.82, 2.24) is 20.6 Å². The van der Waals surface area contributed by atoms with E-state index >= 15 is 0 Å². The fraction of sp³-hybridized carbons (Fsp3) is 0.500. The van der Waals surface area contributed by atoms with Gasteiger partial charge in [0.05, 0.1) is 6.61 Å². The number of nitrogens with one attached hydrogen (secondary N) is 2. The molecule has 0 spiro atoms. The smallest absolute Gasteiger partial charge is 0.408 e. The fourth-order valence-corrected chi connectivity index (χ4v) is 10.4. The summed E-state index contributed by atoms with van der Waals surface area (Å²) in [6.07, 6.45) is 2.39. The molecule has 0 bridgehead atoms. The SMILES string of the molecule is CC(C)(C)OC(=O)N[C@@H](C(=O)OC(C)(C)C)c1cnc(N2CCN[C@@H](CO[Si](c3ccccc3)(c3ccccc3)C(C)(C)C)C2)nc1. The van der Waals surface area contributed by atoms with Crippen molar-refractivity contribution in [3.05, 3.63) is 78.6 Å². The molecule has 1 saturated heterocycles.